The van der Waals surface area contributed by atoms with Crippen LogP contribution in [0.2, 0.25) is 0 Å². The third-order valence-electron chi connectivity index (χ3n) is 3.87. The van der Waals surface area contributed by atoms with E-state index in [0.29, 0.717) is 23.0 Å². The smallest absolute Gasteiger partial charge is 0.204 e. The van der Waals surface area contributed by atoms with E-state index in [-0.39, 0.29) is 0 Å². The van der Waals surface area contributed by atoms with E-state index in [1.54, 1.807) is 0 Å². The van der Waals surface area contributed by atoms with E-state index in [2.05, 4.69) is 41.5 Å². The molecule has 9 heteroatoms. The van der Waals surface area contributed by atoms with Crippen molar-refractivity contribution in [1.82, 2.24) is 35.0 Å². The lowest BCUT2D eigenvalue weighted by atomic mass is 10.2. The molecule has 2 heterocycles. The van der Waals surface area contributed by atoms with E-state index < -0.39 is 0 Å². The number of hydrogen-bond acceptors (Lipinski definition) is 5. The van der Waals surface area contributed by atoms with Crippen LogP contribution in [-0.2, 0) is 6.54 Å². The first-order chi connectivity index (χ1) is 12.6. The second kappa shape index (κ2) is 6.93. The molecule has 26 heavy (non-hydrogen) atoms. The lowest BCUT2D eigenvalue weighted by Gasteiger charge is -2.06. The van der Waals surface area contributed by atoms with Crippen LogP contribution in [0.25, 0.3) is 17.1 Å². The molecule has 1 N–H and O–H groups in total. The van der Waals surface area contributed by atoms with Crippen molar-refractivity contribution in [3.8, 4) is 17.1 Å². The van der Waals surface area contributed by atoms with Crippen LogP contribution in [0.5, 0.6) is 0 Å². The second-order valence-electron chi connectivity index (χ2n) is 5.77. The fourth-order valence-corrected chi connectivity index (χ4v) is 3.07. The first-order valence-electron chi connectivity index (χ1n) is 7.87. The summed E-state index contributed by atoms with van der Waals surface area (Å²) in [5.41, 5.74) is 3.02. The van der Waals surface area contributed by atoms with Crippen molar-refractivity contribution in [3.05, 3.63) is 69.2 Å². The van der Waals surface area contributed by atoms with Gasteiger partial charge in [-0.05, 0) is 60.8 Å². The van der Waals surface area contributed by atoms with Crippen molar-refractivity contribution >= 4 is 28.1 Å². The molecule has 0 saturated carbocycles. The topological polar surface area (TPSA) is 77.2 Å². The van der Waals surface area contributed by atoms with Crippen molar-refractivity contribution < 1.29 is 0 Å². The molecule has 4 rings (SSSR count). The van der Waals surface area contributed by atoms with Gasteiger partial charge in [0.2, 0.25) is 5.82 Å². The summed E-state index contributed by atoms with van der Waals surface area (Å²) < 4.78 is 3.40. The number of rotatable bonds is 4. The molecule has 0 aliphatic carbocycles. The number of aryl methyl sites for hydroxylation is 1. The summed E-state index contributed by atoms with van der Waals surface area (Å²) in [5, 5.41) is 19.8. The monoisotopic (exact) mass is 427 g/mol. The van der Waals surface area contributed by atoms with Crippen LogP contribution in [0.4, 0.5) is 0 Å². The molecule has 0 atom stereocenters. The lowest BCUT2D eigenvalue weighted by Crippen LogP contribution is -2.10. The minimum absolute atomic E-state index is 0.352. The summed E-state index contributed by atoms with van der Waals surface area (Å²) in [7, 11) is 0. The van der Waals surface area contributed by atoms with E-state index in [1.165, 1.54) is 10.4 Å². The van der Waals surface area contributed by atoms with E-state index in [1.807, 2.05) is 60.0 Å². The second-order valence-corrected chi connectivity index (χ2v) is 7.07. The molecule has 0 aliphatic heterocycles. The molecule has 0 bridgehead atoms. The summed E-state index contributed by atoms with van der Waals surface area (Å²) >= 11 is 8.79. The summed E-state index contributed by atoms with van der Waals surface area (Å²) in [6.07, 6.45) is 0. The third-order valence-corrected chi connectivity index (χ3v) is 4.67. The first-order valence-corrected chi connectivity index (χ1v) is 9.07. The highest BCUT2D eigenvalue weighted by atomic mass is 79.9. The van der Waals surface area contributed by atoms with Crippen molar-refractivity contribution in [1.29, 1.82) is 0 Å². The zero-order valence-electron chi connectivity index (χ0n) is 13.8. The van der Waals surface area contributed by atoms with Crippen LogP contribution in [0.15, 0.2) is 53.0 Å². The van der Waals surface area contributed by atoms with Crippen LogP contribution in [0.3, 0.4) is 0 Å². The Balaban J connectivity index is 1.64. The Hall–Kier alpha value is -2.65. The highest BCUT2D eigenvalue weighted by Crippen LogP contribution is 2.18. The van der Waals surface area contributed by atoms with Gasteiger partial charge >= 0.3 is 0 Å². The number of aromatic amines is 1. The molecule has 2 aromatic carbocycles. The van der Waals surface area contributed by atoms with Crippen LogP contribution < -0.4 is 0 Å². The zero-order chi connectivity index (χ0) is 18.1. The maximum Gasteiger partial charge on any atom is 0.204 e. The number of nitrogens with one attached hydrogen (secondary N) is 1. The summed E-state index contributed by atoms with van der Waals surface area (Å²) in [5.74, 6) is 1.27. The molecule has 7 nitrogen and oxygen atoms in total. The highest BCUT2D eigenvalue weighted by Gasteiger charge is 2.12. The van der Waals surface area contributed by atoms with Gasteiger partial charge in [0.1, 0.15) is 6.54 Å². The van der Waals surface area contributed by atoms with Crippen molar-refractivity contribution in [2.24, 2.45) is 0 Å². The minimum Gasteiger partial charge on any atom is -0.271 e. The van der Waals surface area contributed by atoms with E-state index in [9.17, 15) is 0 Å². The minimum atomic E-state index is 0.352. The largest absolute Gasteiger partial charge is 0.271 e. The molecule has 0 unspecified atom stereocenters. The Kier molecular flexibility index (Phi) is 4.48. The molecule has 4 aromatic rings. The van der Waals surface area contributed by atoms with Crippen LogP contribution in [0, 0.1) is 11.7 Å². The Morgan fingerprint density at radius 1 is 1.08 bits per heavy atom. The molecule has 0 aliphatic rings. The third kappa shape index (κ3) is 3.35. The van der Waals surface area contributed by atoms with Gasteiger partial charge in [0, 0.05) is 15.7 Å². The molecule has 0 saturated heterocycles. The van der Waals surface area contributed by atoms with Gasteiger partial charge in [-0.3, -0.25) is 9.67 Å². The average Bonchev–Trinajstić information content (AvgIpc) is 3.24. The van der Waals surface area contributed by atoms with Gasteiger partial charge in [-0.25, -0.2) is 0 Å². The maximum atomic E-state index is 5.37. The zero-order valence-corrected chi connectivity index (χ0v) is 16.2. The Morgan fingerprint density at radius 2 is 1.81 bits per heavy atom. The summed E-state index contributed by atoms with van der Waals surface area (Å²) in [6.45, 7) is 2.40. The quantitative estimate of drug-likeness (QED) is 0.502. The van der Waals surface area contributed by atoms with Gasteiger partial charge in [-0.1, -0.05) is 33.6 Å². The molecule has 0 radical (unpaired) electrons. The fourth-order valence-electron chi connectivity index (χ4n) is 2.55. The number of H-pyrrole nitrogens is 1. The molecule has 0 amide bonds. The predicted octanol–water partition coefficient (Wildman–Crippen LogP) is 3.70. The van der Waals surface area contributed by atoms with Crippen LogP contribution >= 0.6 is 28.1 Å². The number of halogens is 1. The van der Waals surface area contributed by atoms with Crippen LogP contribution in [-0.4, -0.2) is 35.0 Å². The van der Waals surface area contributed by atoms with E-state index >= 15 is 0 Å². The summed E-state index contributed by atoms with van der Waals surface area (Å²) in [6, 6.07) is 15.8. The number of benzene rings is 2. The number of hydrogen-bond donors (Lipinski definition) is 1. The van der Waals surface area contributed by atoms with Gasteiger partial charge in [0.15, 0.2) is 10.6 Å². The normalized spacial score (nSPS) is 11.0. The van der Waals surface area contributed by atoms with E-state index in [0.717, 1.165) is 15.7 Å². The SMILES string of the molecule is Cc1ccc(-n2c(Cn3nnc(-c4ccc(Br)cc4)n3)n[nH]c2=S)cc1. The Morgan fingerprint density at radius 3 is 2.54 bits per heavy atom. The average molecular weight is 428 g/mol. The van der Waals surface area contributed by atoms with Crippen molar-refractivity contribution in [2.75, 3.05) is 0 Å². The maximum absolute atomic E-state index is 5.37. The van der Waals surface area contributed by atoms with Gasteiger partial charge in [-0.2, -0.15) is 9.90 Å². The van der Waals surface area contributed by atoms with Crippen molar-refractivity contribution in [2.45, 2.75) is 13.5 Å². The highest BCUT2D eigenvalue weighted by molar-refractivity contribution is 9.10. The van der Waals surface area contributed by atoms with Gasteiger partial charge in [0.25, 0.3) is 0 Å². The van der Waals surface area contributed by atoms with Crippen LogP contribution in [0.1, 0.15) is 11.4 Å². The lowest BCUT2D eigenvalue weighted by molar-refractivity contribution is 0.548. The number of aromatic nitrogens is 7. The number of tetrazole rings is 1. The molecule has 2 aromatic heterocycles. The molecule has 0 fully saturated rings. The van der Waals surface area contributed by atoms with Gasteiger partial charge in [-0.15, -0.1) is 10.2 Å². The Bertz CT molecular complexity index is 1090. The van der Waals surface area contributed by atoms with Crippen molar-refractivity contribution in [3.63, 3.8) is 0 Å². The van der Waals surface area contributed by atoms with Gasteiger partial charge < -0.3 is 0 Å². The standard InChI is InChI=1S/C17H14BrN7S/c1-11-2-8-14(9-3-11)25-15(19-21-17(25)26)10-24-22-16(20-23-24)12-4-6-13(18)7-5-12/h2-9H,10H2,1H3,(H,21,26). The fraction of sp³-hybridized carbons (Fsp3) is 0.118. The predicted molar refractivity (Wildman–Crippen MR) is 104 cm³/mol. The first kappa shape index (κ1) is 16.8. The van der Waals surface area contributed by atoms with Gasteiger partial charge in [0.05, 0.1) is 0 Å². The number of nitrogens with zero attached hydrogens (tertiary/aromatic N) is 6. The molecule has 130 valence electrons. The Labute approximate surface area is 162 Å². The molecular weight excluding hydrogens is 414 g/mol. The molecule has 0 spiro atoms. The molecular formula is C17H14BrN7S. The van der Waals surface area contributed by atoms with E-state index in [4.69, 9.17) is 12.2 Å². The summed E-state index contributed by atoms with van der Waals surface area (Å²) in [4.78, 5) is 1.51.